The lowest BCUT2D eigenvalue weighted by atomic mass is 9.85. The molecule has 1 aromatic rings. The van der Waals surface area contributed by atoms with E-state index in [1.54, 1.807) is 4.90 Å². The molecule has 3 aliphatic rings. The summed E-state index contributed by atoms with van der Waals surface area (Å²) >= 11 is 0. The van der Waals surface area contributed by atoms with Crippen LogP contribution in [0.1, 0.15) is 44.1 Å². The molecule has 4 unspecified atom stereocenters. The van der Waals surface area contributed by atoms with Crippen LogP contribution in [0.3, 0.4) is 0 Å². The molecule has 4 atom stereocenters. The Bertz CT molecular complexity index is 643. The Kier molecular flexibility index (Phi) is 4.50. The third-order valence-corrected chi connectivity index (χ3v) is 6.05. The Hall–Kier alpha value is -1.88. The normalized spacial score (nSPS) is 31.9. The zero-order valence-corrected chi connectivity index (χ0v) is 14.8. The summed E-state index contributed by atoms with van der Waals surface area (Å²) in [5.74, 6) is 0.638. The van der Waals surface area contributed by atoms with E-state index in [4.69, 9.17) is 0 Å². The van der Waals surface area contributed by atoms with Gasteiger partial charge in [0, 0.05) is 18.3 Å². The summed E-state index contributed by atoms with van der Waals surface area (Å²) in [7, 11) is 0. The van der Waals surface area contributed by atoms with Crippen LogP contribution in [0.4, 0.5) is 5.69 Å². The third-order valence-electron chi connectivity index (χ3n) is 6.05. The van der Waals surface area contributed by atoms with Gasteiger partial charge in [-0.2, -0.15) is 0 Å². The van der Waals surface area contributed by atoms with E-state index in [-0.39, 0.29) is 17.9 Å². The monoisotopic (exact) mass is 341 g/mol. The van der Waals surface area contributed by atoms with Crippen LogP contribution in [0, 0.1) is 12.8 Å². The highest BCUT2D eigenvalue weighted by Gasteiger charge is 2.40. The van der Waals surface area contributed by atoms with Crippen molar-refractivity contribution in [1.29, 1.82) is 0 Å². The van der Waals surface area contributed by atoms with Crippen molar-refractivity contribution in [2.75, 3.05) is 11.4 Å². The number of nitrogens with one attached hydrogen (secondary N) is 2. The standard InChI is InChI=1S/C20H27N3O2/c1-13-6-8-15(9-7-13)23-11-10-17(20(23)25)22-19(24)18-12-14-4-2-3-5-16(14)21-18/h6-9,14,16-18,21H,2-5,10-12H2,1H3,(H,22,24). The van der Waals surface area contributed by atoms with E-state index in [0.717, 1.165) is 12.1 Å². The van der Waals surface area contributed by atoms with Crippen molar-refractivity contribution in [3.63, 3.8) is 0 Å². The first-order valence-electron chi connectivity index (χ1n) is 9.56. The molecule has 2 saturated heterocycles. The molecule has 25 heavy (non-hydrogen) atoms. The highest BCUT2D eigenvalue weighted by atomic mass is 16.2. The highest BCUT2D eigenvalue weighted by Crippen LogP contribution is 2.33. The van der Waals surface area contributed by atoms with Crippen LogP contribution in [-0.4, -0.2) is 36.5 Å². The Labute approximate surface area is 149 Å². The van der Waals surface area contributed by atoms with E-state index >= 15 is 0 Å². The number of hydrogen-bond acceptors (Lipinski definition) is 3. The molecular formula is C20H27N3O2. The van der Waals surface area contributed by atoms with Gasteiger partial charge in [0.25, 0.3) is 0 Å². The second-order valence-corrected chi connectivity index (χ2v) is 7.78. The predicted octanol–water partition coefficient (Wildman–Crippen LogP) is 2.14. The van der Waals surface area contributed by atoms with Gasteiger partial charge in [0.2, 0.25) is 11.8 Å². The van der Waals surface area contributed by atoms with E-state index in [2.05, 4.69) is 10.6 Å². The van der Waals surface area contributed by atoms with Crippen LogP contribution in [-0.2, 0) is 9.59 Å². The first-order chi connectivity index (χ1) is 12.1. The SMILES string of the molecule is Cc1ccc(N2CCC(NC(=O)C3CC4CCCCC4N3)C2=O)cc1. The fourth-order valence-corrected chi connectivity index (χ4v) is 4.59. The molecule has 134 valence electrons. The zero-order valence-electron chi connectivity index (χ0n) is 14.8. The summed E-state index contributed by atoms with van der Waals surface area (Å²) in [4.78, 5) is 27.1. The maximum Gasteiger partial charge on any atom is 0.249 e. The topological polar surface area (TPSA) is 61.4 Å². The quantitative estimate of drug-likeness (QED) is 0.885. The van der Waals surface area contributed by atoms with E-state index in [9.17, 15) is 9.59 Å². The van der Waals surface area contributed by atoms with Gasteiger partial charge in [-0.25, -0.2) is 0 Å². The van der Waals surface area contributed by atoms with Crippen LogP contribution in [0.2, 0.25) is 0 Å². The lowest BCUT2D eigenvalue weighted by molar-refractivity contribution is -0.127. The number of hydrogen-bond donors (Lipinski definition) is 2. The molecule has 1 saturated carbocycles. The van der Waals surface area contributed by atoms with Gasteiger partial charge in [0.15, 0.2) is 0 Å². The highest BCUT2D eigenvalue weighted by molar-refractivity contribution is 6.01. The third kappa shape index (κ3) is 3.30. The van der Waals surface area contributed by atoms with Gasteiger partial charge in [-0.05, 0) is 50.7 Å². The molecular weight excluding hydrogens is 314 g/mol. The number of aryl methyl sites for hydroxylation is 1. The molecule has 0 bridgehead atoms. The molecule has 1 aliphatic carbocycles. The first kappa shape index (κ1) is 16.6. The van der Waals surface area contributed by atoms with Crippen LogP contribution in [0.5, 0.6) is 0 Å². The maximum absolute atomic E-state index is 12.7. The Morgan fingerprint density at radius 3 is 2.68 bits per heavy atom. The van der Waals surface area contributed by atoms with Crippen molar-refractivity contribution >= 4 is 17.5 Å². The van der Waals surface area contributed by atoms with Crippen molar-refractivity contribution in [3.05, 3.63) is 29.8 Å². The van der Waals surface area contributed by atoms with E-state index in [0.29, 0.717) is 24.9 Å². The molecule has 5 nitrogen and oxygen atoms in total. The summed E-state index contributed by atoms with van der Waals surface area (Å²) in [6.45, 7) is 2.70. The molecule has 0 spiro atoms. The fraction of sp³-hybridized carbons (Fsp3) is 0.600. The number of carbonyl (C=O) groups is 2. The summed E-state index contributed by atoms with van der Waals surface area (Å²) < 4.78 is 0. The van der Waals surface area contributed by atoms with Crippen LogP contribution in [0.25, 0.3) is 0 Å². The van der Waals surface area contributed by atoms with Crippen molar-refractivity contribution in [2.45, 2.75) is 63.6 Å². The summed E-state index contributed by atoms with van der Waals surface area (Å²) in [6.07, 6.45) is 6.54. The molecule has 2 amide bonds. The van der Waals surface area contributed by atoms with E-state index in [1.807, 2.05) is 31.2 Å². The average molecular weight is 341 g/mol. The molecule has 2 aliphatic heterocycles. The van der Waals surface area contributed by atoms with Gasteiger partial charge in [0.1, 0.15) is 6.04 Å². The molecule has 5 heteroatoms. The number of fused-ring (bicyclic) bond motifs is 1. The number of carbonyl (C=O) groups excluding carboxylic acids is 2. The molecule has 1 aromatic carbocycles. The predicted molar refractivity (Wildman–Crippen MR) is 97.4 cm³/mol. The zero-order chi connectivity index (χ0) is 17.4. The van der Waals surface area contributed by atoms with E-state index < -0.39 is 6.04 Å². The number of nitrogens with zero attached hydrogens (tertiary/aromatic N) is 1. The molecule has 4 rings (SSSR count). The lowest BCUT2D eigenvalue weighted by Crippen LogP contribution is -2.49. The maximum atomic E-state index is 12.7. The minimum absolute atomic E-state index is 0.00138. The van der Waals surface area contributed by atoms with Crippen molar-refractivity contribution in [1.82, 2.24) is 10.6 Å². The number of anilines is 1. The summed E-state index contributed by atoms with van der Waals surface area (Å²) in [6, 6.07) is 7.94. The van der Waals surface area contributed by atoms with Gasteiger partial charge in [-0.3, -0.25) is 9.59 Å². The van der Waals surface area contributed by atoms with Crippen molar-refractivity contribution in [3.8, 4) is 0 Å². The Morgan fingerprint density at radius 1 is 1.16 bits per heavy atom. The fourth-order valence-electron chi connectivity index (χ4n) is 4.59. The van der Waals surface area contributed by atoms with Crippen molar-refractivity contribution < 1.29 is 9.59 Å². The summed E-state index contributed by atoms with van der Waals surface area (Å²) in [5, 5.41) is 6.49. The number of rotatable bonds is 3. The lowest BCUT2D eigenvalue weighted by Gasteiger charge is -2.24. The minimum atomic E-state index is -0.391. The second-order valence-electron chi connectivity index (χ2n) is 7.78. The smallest absolute Gasteiger partial charge is 0.249 e. The first-order valence-corrected chi connectivity index (χ1v) is 9.56. The van der Waals surface area contributed by atoms with Crippen molar-refractivity contribution in [2.24, 2.45) is 5.92 Å². The number of benzene rings is 1. The van der Waals surface area contributed by atoms with Gasteiger partial charge in [-0.1, -0.05) is 30.5 Å². The van der Waals surface area contributed by atoms with Gasteiger partial charge in [-0.15, -0.1) is 0 Å². The largest absolute Gasteiger partial charge is 0.343 e. The van der Waals surface area contributed by atoms with Gasteiger partial charge >= 0.3 is 0 Å². The van der Waals surface area contributed by atoms with Crippen LogP contribution in [0.15, 0.2) is 24.3 Å². The molecule has 0 aromatic heterocycles. The van der Waals surface area contributed by atoms with Crippen LogP contribution < -0.4 is 15.5 Å². The van der Waals surface area contributed by atoms with E-state index in [1.165, 1.54) is 31.2 Å². The molecule has 0 radical (unpaired) electrons. The molecule has 3 fully saturated rings. The minimum Gasteiger partial charge on any atom is -0.343 e. The number of amides is 2. The molecule has 2 N–H and O–H groups in total. The van der Waals surface area contributed by atoms with Crippen LogP contribution >= 0.6 is 0 Å². The second kappa shape index (κ2) is 6.79. The Balaban J connectivity index is 1.36. The van der Waals surface area contributed by atoms with Gasteiger partial charge < -0.3 is 15.5 Å². The Morgan fingerprint density at radius 2 is 1.92 bits per heavy atom. The van der Waals surface area contributed by atoms with Gasteiger partial charge in [0.05, 0.1) is 6.04 Å². The average Bonchev–Trinajstić information content (AvgIpc) is 3.20. The summed E-state index contributed by atoms with van der Waals surface area (Å²) in [5.41, 5.74) is 2.09. The molecule has 2 heterocycles.